The van der Waals surface area contributed by atoms with Gasteiger partial charge in [-0.25, -0.2) is 9.97 Å². The van der Waals surface area contributed by atoms with Crippen LogP contribution in [0.25, 0.3) is 0 Å². The first-order valence-electron chi connectivity index (χ1n) is 19.0. The molecule has 1 aromatic heterocycles. The fourth-order valence-corrected chi connectivity index (χ4v) is 7.84. The van der Waals surface area contributed by atoms with Gasteiger partial charge in [0.15, 0.2) is 0 Å². The van der Waals surface area contributed by atoms with Crippen molar-refractivity contribution in [1.29, 1.82) is 0 Å². The SMILES string of the molecule is CCCC[C@@H](OP(=O)(O)CCCc1ccccc1)C(=O)N[C@@H](CC1CCCCC1)[C@@H](O)CC(=O)N[C@H](C(=O)NCc1cnc(C)nc1N)C(C)CC. The summed E-state index contributed by atoms with van der Waals surface area (Å²) in [6.07, 6.45) is 7.44. The second kappa shape index (κ2) is 22.0. The Hall–Kier alpha value is -3.38. The summed E-state index contributed by atoms with van der Waals surface area (Å²) in [7, 11) is -4.11. The number of hydrogen-bond acceptors (Lipinski definition) is 9. The van der Waals surface area contributed by atoms with Crippen molar-refractivity contribution in [2.75, 3.05) is 11.9 Å². The van der Waals surface area contributed by atoms with Crippen molar-refractivity contribution in [2.24, 2.45) is 11.8 Å². The number of aryl methyl sites for hydroxylation is 2. The molecule has 1 aliphatic carbocycles. The predicted molar refractivity (Wildman–Crippen MR) is 202 cm³/mol. The van der Waals surface area contributed by atoms with Crippen LogP contribution in [0, 0.1) is 18.8 Å². The average Bonchev–Trinajstić information content (AvgIpc) is 3.12. The number of hydrogen-bond donors (Lipinski definition) is 6. The number of amides is 3. The van der Waals surface area contributed by atoms with Crippen molar-refractivity contribution in [3.05, 3.63) is 53.5 Å². The number of carbonyl (C=O) groups excluding carboxylic acids is 3. The average molecular weight is 745 g/mol. The Kier molecular flexibility index (Phi) is 18.2. The highest BCUT2D eigenvalue weighted by Gasteiger charge is 2.34. The van der Waals surface area contributed by atoms with Gasteiger partial charge in [0.05, 0.1) is 24.7 Å². The minimum absolute atomic E-state index is 0.0843. The predicted octanol–water partition coefficient (Wildman–Crippen LogP) is 5.11. The maximum Gasteiger partial charge on any atom is 0.328 e. The number of aromatic nitrogens is 2. The first-order valence-corrected chi connectivity index (χ1v) is 20.8. The van der Waals surface area contributed by atoms with Crippen LogP contribution < -0.4 is 21.7 Å². The summed E-state index contributed by atoms with van der Waals surface area (Å²) in [5.74, 6) is -0.723. The van der Waals surface area contributed by atoms with Gasteiger partial charge in [0.2, 0.25) is 17.7 Å². The molecule has 52 heavy (non-hydrogen) atoms. The van der Waals surface area contributed by atoms with Crippen molar-refractivity contribution in [3.63, 3.8) is 0 Å². The van der Waals surface area contributed by atoms with Crippen LogP contribution >= 0.6 is 7.60 Å². The number of benzene rings is 1. The molecule has 1 aliphatic rings. The molecule has 3 rings (SSSR count). The fourth-order valence-electron chi connectivity index (χ4n) is 6.58. The molecule has 1 aromatic carbocycles. The zero-order chi connectivity index (χ0) is 38.1. The second-order valence-electron chi connectivity index (χ2n) is 14.3. The molecular weight excluding hydrogens is 683 g/mol. The number of rotatable bonds is 22. The monoisotopic (exact) mass is 744 g/mol. The lowest BCUT2D eigenvalue weighted by atomic mass is 9.83. The Balaban J connectivity index is 1.68. The van der Waals surface area contributed by atoms with Gasteiger partial charge in [0, 0.05) is 18.3 Å². The Morgan fingerprint density at radius 1 is 1.06 bits per heavy atom. The maximum absolute atomic E-state index is 13.7. The molecular formula is C38H61N6O7P. The third-order valence-corrected chi connectivity index (χ3v) is 11.4. The zero-order valence-electron chi connectivity index (χ0n) is 31.4. The van der Waals surface area contributed by atoms with Crippen molar-refractivity contribution < 1.29 is 33.5 Å². The van der Waals surface area contributed by atoms with Gasteiger partial charge in [0.25, 0.3) is 0 Å². The van der Waals surface area contributed by atoms with Crippen LogP contribution in [0.5, 0.6) is 0 Å². The van der Waals surface area contributed by atoms with Crippen molar-refractivity contribution in [2.45, 2.75) is 142 Å². The Morgan fingerprint density at radius 3 is 2.42 bits per heavy atom. The molecule has 0 aliphatic heterocycles. The van der Waals surface area contributed by atoms with Gasteiger partial charge < -0.3 is 31.7 Å². The number of nitrogens with two attached hydrogens (primary N) is 1. The first-order chi connectivity index (χ1) is 24.8. The molecule has 6 atom stereocenters. The summed E-state index contributed by atoms with van der Waals surface area (Å²) in [4.78, 5) is 59.5. The molecule has 290 valence electrons. The third kappa shape index (κ3) is 14.9. The van der Waals surface area contributed by atoms with Gasteiger partial charge in [-0.1, -0.05) is 102 Å². The first kappa shape index (κ1) is 43.0. The molecule has 14 heteroatoms. The minimum Gasteiger partial charge on any atom is -0.390 e. The van der Waals surface area contributed by atoms with Crippen LogP contribution in [0.3, 0.4) is 0 Å². The van der Waals surface area contributed by atoms with Gasteiger partial charge in [-0.2, -0.15) is 0 Å². The van der Waals surface area contributed by atoms with E-state index in [1.165, 1.54) is 0 Å². The summed E-state index contributed by atoms with van der Waals surface area (Å²) < 4.78 is 18.8. The van der Waals surface area contributed by atoms with Gasteiger partial charge in [-0.3, -0.25) is 23.5 Å². The molecule has 1 saturated carbocycles. The highest BCUT2D eigenvalue weighted by Crippen LogP contribution is 2.45. The highest BCUT2D eigenvalue weighted by atomic mass is 31.2. The van der Waals surface area contributed by atoms with Crippen LogP contribution in [0.1, 0.15) is 115 Å². The molecule has 2 unspecified atom stereocenters. The van der Waals surface area contributed by atoms with Crippen LogP contribution in [-0.2, 0) is 36.4 Å². The molecule has 1 fully saturated rings. The van der Waals surface area contributed by atoms with Crippen LogP contribution in [0.15, 0.2) is 36.5 Å². The smallest absolute Gasteiger partial charge is 0.328 e. The summed E-state index contributed by atoms with van der Waals surface area (Å²) >= 11 is 0. The second-order valence-corrected chi connectivity index (χ2v) is 16.2. The van der Waals surface area contributed by atoms with Crippen LogP contribution in [0.4, 0.5) is 5.82 Å². The van der Waals surface area contributed by atoms with E-state index in [-0.39, 0.29) is 43.2 Å². The summed E-state index contributed by atoms with van der Waals surface area (Å²) in [6.45, 7) is 7.53. The number of anilines is 1. The van der Waals surface area contributed by atoms with Gasteiger partial charge in [-0.15, -0.1) is 0 Å². The van der Waals surface area contributed by atoms with E-state index in [2.05, 4.69) is 25.9 Å². The molecule has 2 aromatic rings. The Labute approximate surface area is 309 Å². The summed E-state index contributed by atoms with van der Waals surface area (Å²) in [6, 6.07) is 7.98. The number of aliphatic hydroxyl groups is 1. The number of nitrogens with one attached hydrogen (secondary N) is 3. The number of nitrogen functional groups attached to an aromatic ring is 1. The normalized spacial score (nSPS) is 17.6. The van der Waals surface area contributed by atoms with E-state index in [1.807, 2.05) is 51.1 Å². The van der Waals surface area contributed by atoms with Gasteiger partial charge >= 0.3 is 7.60 Å². The molecule has 1 heterocycles. The van der Waals surface area contributed by atoms with Crippen molar-refractivity contribution in [1.82, 2.24) is 25.9 Å². The summed E-state index contributed by atoms with van der Waals surface area (Å²) in [5, 5.41) is 20.0. The largest absolute Gasteiger partial charge is 0.390 e. The summed E-state index contributed by atoms with van der Waals surface area (Å²) in [5.41, 5.74) is 7.58. The minimum atomic E-state index is -4.11. The van der Waals surface area contributed by atoms with E-state index in [0.29, 0.717) is 43.5 Å². The van der Waals surface area contributed by atoms with E-state index in [1.54, 1.807) is 13.1 Å². The van der Waals surface area contributed by atoms with Gasteiger partial charge in [0.1, 0.15) is 23.8 Å². The van der Waals surface area contributed by atoms with Crippen LogP contribution in [-0.4, -0.2) is 68.1 Å². The lowest BCUT2D eigenvalue weighted by Crippen LogP contribution is -2.53. The Bertz CT molecular complexity index is 1460. The third-order valence-electron chi connectivity index (χ3n) is 9.94. The molecule has 7 N–H and O–H groups in total. The van der Waals surface area contributed by atoms with Crippen molar-refractivity contribution >= 4 is 31.1 Å². The topological polar surface area (TPSA) is 206 Å². The molecule has 0 bridgehead atoms. The van der Waals surface area contributed by atoms with E-state index < -0.39 is 49.6 Å². The molecule has 0 spiro atoms. The lowest BCUT2D eigenvalue weighted by Gasteiger charge is -2.32. The Morgan fingerprint density at radius 2 is 1.77 bits per heavy atom. The number of aliphatic hydroxyl groups excluding tert-OH is 1. The molecule has 3 amide bonds. The molecule has 13 nitrogen and oxygen atoms in total. The quantitative estimate of drug-likeness (QED) is 0.0879. The maximum atomic E-state index is 13.7. The number of nitrogens with zero attached hydrogens (tertiary/aromatic N) is 2. The standard InChI is InChI=1S/C38H61N6O7P/c1-5-7-20-33(51-52(49,50)21-14-19-28-15-10-8-11-16-28)37(47)43-31(22-29-17-12-9-13-18-29)32(45)23-34(46)44-35(26(3)6-2)38(48)41-25-30-24-40-27(4)42-36(30)39/h8,10-11,15-16,24,26,29,31-33,35,45H,5-7,9,12-14,17-23,25H2,1-4H3,(H,41,48)(H,43,47)(H,44,46)(H,49,50)(H2,39,40,42)/t26?,31-,32-,33+,35-/m0/s1. The zero-order valence-corrected chi connectivity index (χ0v) is 32.3. The van der Waals surface area contributed by atoms with E-state index in [9.17, 15) is 28.9 Å². The van der Waals surface area contributed by atoms with E-state index in [0.717, 1.165) is 44.1 Å². The van der Waals surface area contributed by atoms with E-state index >= 15 is 0 Å². The molecule has 0 saturated heterocycles. The molecule has 0 radical (unpaired) electrons. The van der Waals surface area contributed by atoms with Gasteiger partial charge in [-0.05, 0) is 50.0 Å². The fraction of sp³-hybridized carbons (Fsp3) is 0.658. The van der Waals surface area contributed by atoms with Crippen molar-refractivity contribution in [3.8, 4) is 0 Å². The highest BCUT2D eigenvalue weighted by molar-refractivity contribution is 7.52. The number of carbonyl (C=O) groups is 3. The lowest BCUT2D eigenvalue weighted by molar-refractivity contribution is -0.133. The number of unbranched alkanes of at least 4 members (excludes halogenated alkanes) is 1. The van der Waals surface area contributed by atoms with Crippen LogP contribution in [0.2, 0.25) is 0 Å². The van der Waals surface area contributed by atoms with E-state index in [4.69, 9.17) is 10.3 Å².